The first-order valence-corrected chi connectivity index (χ1v) is 20.3. The SMILES string of the molecule is O=C1C2Cc3c(c4ccccc4n3-c3ccccc3)C=C2c2cc3c4ccccc4n(-c4ccc(-c5ccc(-c6ccccc6)cc5)cc4)c3cc2N1c1ccccc1. The number of para-hydroxylation sites is 4. The number of carbonyl (C=O) groups is 1. The summed E-state index contributed by atoms with van der Waals surface area (Å²) in [5.74, 6) is -0.253. The van der Waals surface area contributed by atoms with Gasteiger partial charge in [-0.2, -0.15) is 0 Å². The number of nitrogens with zero attached hydrogens (tertiary/aromatic N) is 3. The number of fused-ring (bicyclic) bond motifs is 9. The molecule has 10 aromatic rings. The lowest BCUT2D eigenvalue weighted by Crippen LogP contribution is -2.39. The number of aromatic nitrogens is 2. The van der Waals surface area contributed by atoms with Crippen LogP contribution in [0.3, 0.4) is 0 Å². The number of benzene rings is 8. The molecule has 1 aliphatic heterocycles. The molecule has 4 heteroatoms. The highest BCUT2D eigenvalue weighted by atomic mass is 16.2. The topological polar surface area (TPSA) is 30.2 Å². The Labute approximate surface area is 342 Å². The molecule has 1 atom stereocenters. The molecule has 2 aromatic heterocycles. The van der Waals surface area contributed by atoms with Gasteiger partial charge in [-0.25, -0.2) is 0 Å². The highest BCUT2D eigenvalue weighted by molar-refractivity contribution is 6.21. The quantitative estimate of drug-likeness (QED) is 0.172. The summed E-state index contributed by atoms with van der Waals surface area (Å²) in [5.41, 5.74) is 16.6. The number of hydrogen-bond acceptors (Lipinski definition) is 1. The molecule has 3 heterocycles. The molecule has 0 fully saturated rings. The van der Waals surface area contributed by atoms with Crippen molar-refractivity contribution < 1.29 is 4.79 Å². The molecule has 1 amide bonds. The van der Waals surface area contributed by atoms with E-state index in [1.807, 2.05) is 23.1 Å². The second-order valence-corrected chi connectivity index (χ2v) is 15.6. The summed E-state index contributed by atoms with van der Waals surface area (Å²) in [4.78, 5) is 17.2. The van der Waals surface area contributed by atoms with E-state index in [0.717, 1.165) is 56.0 Å². The maximum Gasteiger partial charge on any atom is 0.239 e. The Morgan fingerprint density at radius 2 is 0.932 bits per heavy atom. The summed E-state index contributed by atoms with van der Waals surface area (Å²) in [5, 5.41) is 3.55. The Morgan fingerprint density at radius 1 is 0.424 bits per heavy atom. The van der Waals surface area contributed by atoms with Crippen LogP contribution in [0.15, 0.2) is 200 Å². The first-order valence-electron chi connectivity index (χ1n) is 20.3. The van der Waals surface area contributed by atoms with Crippen LogP contribution >= 0.6 is 0 Å². The van der Waals surface area contributed by atoms with Crippen molar-refractivity contribution in [1.29, 1.82) is 0 Å². The largest absolute Gasteiger partial charge is 0.313 e. The van der Waals surface area contributed by atoms with Crippen LogP contribution in [0.1, 0.15) is 16.8 Å². The van der Waals surface area contributed by atoms with E-state index >= 15 is 4.79 Å². The van der Waals surface area contributed by atoms with Crippen molar-refractivity contribution in [2.45, 2.75) is 6.42 Å². The molecule has 0 spiro atoms. The zero-order valence-corrected chi connectivity index (χ0v) is 32.2. The number of amides is 1. The second kappa shape index (κ2) is 13.2. The van der Waals surface area contributed by atoms with Crippen molar-refractivity contribution in [2.24, 2.45) is 5.92 Å². The molecule has 2 aliphatic rings. The standard InChI is InChI=1S/C55H37N3O/c59-55-49-34-52-46(43-20-10-12-22-50(43)56(52)40-16-6-2-7-17-40)32-45(49)48-33-47-44-21-11-13-23-51(44)57(53(47)35-54(48)58(55)41-18-8-3-9-19-41)42-30-28-39(29-31-42)38-26-24-37(25-27-38)36-14-4-1-5-15-36/h1-33,35,49H,34H2. The number of rotatable bonds is 5. The lowest BCUT2D eigenvalue weighted by atomic mass is 9.77. The van der Waals surface area contributed by atoms with E-state index in [4.69, 9.17) is 0 Å². The van der Waals surface area contributed by atoms with Gasteiger partial charge in [0.25, 0.3) is 0 Å². The summed E-state index contributed by atoms with van der Waals surface area (Å²) in [6, 6.07) is 70.8. The number of anilines is 2. The third kappa shape index (κ3) is 5.20. The van der Waals surface area contributed by atoms with Crippen LogP contribution in [0.5, 0.6) is 0 Å². The van der Waals surface area contributed by atoms with E-state index in [0.29, 0.717) is 6.42 Å². The van der Waals surface area contributed by atoms with Gasteiger partial charge in [-0.3, -0.25) is 9.69 Å². The van der Waals surface area contributed by atoms with E-state index in [1.165, 1.54) is 44.1 Å². The fourth-order valence-electron chi connectivity index (χ4n) is 9.70. The minimum absolute atomic E-state index is 0.0927. The molecule has 0 bridgehead atoms. The Balaban J connectivity index is 1.04. The van der Waals surface area contributed by atoms with E-state index in [-0.39, 0.29) is 11.8 Å². The van der Waals surface area contributed by atoms with E-state index in [2.05, 4.69) is 197 Å². The van der Waals surface area contributed by atoms with Gasteiger partial charge >= 0.3 is 0 Å². The van der Waals surface area contributed by atoms with Crippen molar-refractivity contribution in [3.63, 3.8) is 0 Å². The molecule has 8 aromatic carbocycles. The Kier molecular flexibility index (Phi) is 7.48. The van der Waals surface area contributed by atoms with Gasteiger partial charge in [0.05, 0.1) is 28.2 Å². The van der Waals surface area contributed by atoms with Crippen LogP contribution in [-0.2, 0) is 11.2 Å². The Morgan fingerprint density at radius 3 is 1.59 bits per heavy atom. The Bertz CT molecular complexity index is 3280. The molecule has 0 saturated carbocycles. The summed E-state index contributed by atoms with van der Waals surface area (Å²) in [6.07, 6.45) is 2.92. The maximum atomic E-state index is 15.2. The summed E-state index contributed by atoms with van der Waals surface area (Å²) < 4.78 is 4.71. The van der Waals surface area contributed by atoms with Crippen LogP contribution in [0.2, 0.25) is 0 Å². The van der Waals surface area contributed by atoms with E-state index in [1.54, 1.807) is 0 Å². The highest BCUT2D eigenvalue weighted by Gasteiger charge is 2.41. The van der Waals surface area contributed by atoms with Crippen LogP contribution in [0.25, 0.3) is 78.0 Å². The van der Waals surface area contributed by atoms with E-state index in [9.17, 15) is 0 Å². The lowest BCUT2D eigenvalue weighted by molar-refractivity contribution is -0.120. The molecule has 4 nitrogen and oxygen atoms in total. The van der Waals surface area contributed by atoms with Crippen molar-refractivity contribution >= 4 is 61.6 Å². The molecule has 1 aliphatic carbocycles. The molecular formula is C55H37N3O. The molecule has 1 unspecified atom stereocenters. The molecular weight excluding hydrogens is 719 g/mol. The molecule has 0 radical (unpaired) electrons. The average molecular weight is 756 g/mol. The minimum Gasteiger partial charge on any atom is -0.313 e. The average Bonchev–Trinajstić information content (AvgIpc) is 3.81. The fourth-order valence-corrected chi connectivity index (χ4v) is 9.70. The van der Waals surface area contributed by atoms with Crippen LogP contribution in [-0.4, -0.2) is 15.0 Å². The van der Waals surface area contributed by atoms with Gasteiger partial charge in [-0.05, 0) is 94.6 Å². The smallest absolute Gasteiger partial charge is 0.239 e. The first kappa shape index (κ1) is 33.4. The maximum absolute atomic E-state index is 15.2. The summed E-state index contributed by atoms with van der Waals surface area (Å²) >= 11 is 0. The minimum atomic E-state index is -0.345. The molecule has 12 rings (SSSR count). The van der Waals surface area contributed by atoms with E-state index < -0.39 is 0 Å². The molecule has 59 heavy (non-hydrogen) atoms. The van der Waals surface area contributed by atoms with Gasteiger partial charge in [0.1, 0.15) is 0 Å². The van der Waals surface area contributed by atoms with Gasteiger partial charge in [-0.15, -0.1) is 0 Å². The number of carbonyl (C=O) groups excluding carboxylic acids is 1. The second-order valence-electron chi connectivity index (χ2n) is 15.6. The van der Waals surface area contributed by atoms with Crippen LogP contribution in [0, 0.1) is 5.92 Å². The zero-order chi connectivity index (χ0) is 39.0. The normalized spacial score (nSPS) is 14.6. The Hall–Kier alpha value is -7.69. The third-order valence-electron chi connectivity index (χ3n) is 12.4. The predicted molar refractivity (Wildman–Crippen MR) is 244 cm³/mol. The van der Waals surface area contributed by atoms with Crippen molar-refractivity contribution in [3.8, 4) is 33.6 Å². The summed E-state index contributed by atoms with van der Waals surface area (Å²) in [6.45, 7) is 0. The molecule has 278 valence electrons. The monoisotopic (exact) mass is 755 g/mol. The highest BCUT2D eigenvalue weighted by Crippen LogP contribution is 2.51. The van der Waals surface area contributed by atoms with Crippen LogP contribution in [0.4, 0.5) is 11.4 Å². The molecule has 0 N–H and O–H groups in total. The number of hydrogen-bond donors (Lipinski definition) is 0. The van der Waals surface area contributed by atoms with Gasteiger partial charge in [-0.1, -0.05) is 140 Å². The van der Waals surface area contributed by atoms with Gasteiger partial charge in [0.15, 0.2) is 0 Å². The first-order chi connectivity index (χ1) is 29.2. The van der Waals surface area contributed by atoms with Crippen molar-refractivity contribution in [1.82, 2.24) is 9.13 Å². The van der Waals surface area contributed by atoms with Gasteiger partial charge in [0.2, 0.25) is 5.91 Å². The molecule has 0 saturated heterocycles. The summed E-state index contributed by atoms with van der Waals surface area (Å²) in [7, 11) is 0. The van der Waals surface area contributed by atoms with Crippen LogP contribution < -0.4 is 4.90 Å². The van der Waals surface area contributed by atoms with Gasteiger partial charge in [0, 0.05) is 56.5 Å². The predicted octanol–water partition coefficient (Wildman–Crippen LogP) is 13.5. The fraction of sp³-hybridized carbons (Fsp3) is 0.0364. The van der Waals surface area contributed by atoms with Crippen molar-refractivity contribution in [2.75, 3.05) is 4.90 Å². The van der Waals surface area contributed by atoms with Crippen molar-refractivity contribution in [3.05, 3.63) is 217 Å². The zero-order valence-electron chi connectivity index (χ0n) is 32.2. The lowest BCUT2D eigenvalue weighted by Gasteiger charge is -2.38. The van der Waals surface area contributed by atoms with Gasteiger partial charge < -0.3 is 9.13 Å². The third-order valence-corrected chi connectivity index (χ3v) is 12.4.